The summed E-state index contributed by atoms with van der Waals surface area (Å²) in [6, 6.07) is 1.84. The smallest absolute Gasteiger partial charge is 0.228 e. The predicted octanol–water partition coefficient (Wildman–Crippen LogP) is 0.653. The highest BCUT2D eigenvalue weighted by atomic mass is 16.5. The van der Waals surface area contributed by atoms with E-state index >= 15 is 0 Å². The number of methoxy groups -OCH3 is 1. The van der Waals surface area contributed by atoms with Gasteiger partial charge in [0.1, 0.15) is 0 Å². The molecule has 0 amide bonds. The van der Waals surface area contributed by atoms with Gasteiger partial charge in [0.2, 0.25) is 11.8 Å². The van der Waals surface area contributed by atoms with Gasteiger partial charge in [0.25, 0.3) is 0 Å². The molecule has 20 heavy (non-hydrogen) atoms. The lowest BCUT2D eigenvalue weighted by molar-refractivity contribution is 0.118. The van der Waals surface area contributed by atoms with Gasteiger partial charge in [-0.25, -0.2) is 4.98 Å². The molecule has 1 aromatic heterocycles. The Morgan fingerprint density at radius 3 is 2.45 bits per heavy atom. The van der Waals surface area contributed by atoms with Crippen molar-refractivity contribution in [1.82, 2.24) is 14.9 Å². The second-order valence-electron chi connectivity index (χ2n) is 5.84. The topological polar surface area (TPSA) is 67.5 Å². The minimum absolute atomic E-state index is 0.0528. The number of ether oxygens (including phenoxy) is 1. The van der Waals surface area contributed by atoms with Crippen LogP contribution in [0.2, 0.25) is 0 Å². The standard InChI is InChI=1S/C14H25N5O/c1-11-9-12(20-4)17-13(16-11)18-5-7-19(8-6-18)14(2,3)10-15/h9H,5-8,10,15H2,1-4H3. The van der Waals surface area contributed by atoms with Crippen LogP contribution in [0.5, 0.6) is 5.88 Å². The lowest BCUT2D eigenvalue weighted by atomic mass is 10.0. The Morgan fingerprint density at radius 1 is 1.25 bits per heavy atom. The Labute approximate surface area is 120 Å². The third-order valence-electron chi connectivity index (χ3n) is 3.95. The summed E-state index contributed by atoms with van der Waals surface area (Å²) in [6.45, 7) is 10.8. The second kappa shape index (κ2) is 5.93. The lowest BCUT2D eigenvalue weighted by Crippen LogP contribution is -2.57. The number of nitrogens with two attached hydrogens (primary N) is 1. The first-order chi connectivity index (χ1) is 9.46. The normalized spacial score (nSPS) is 17.4. The third kappa shape index (κ3) is 3.19. The highest BCUT2D eigenvalue weighted by Gasteiger charge is 2.29. The summed E-state index contributed by atoms with van der Waals surface area (Å²) in [4.78, 5) is 13.6. The van der Waals surface area contributed by atoms with Gasteiger partial charge in [0.05, 0.1) is 7.11 Å². The summed E-state index contributed by atoms with van der Waals surface area (Å²) < 4.78 is 5.21. The maximum Gasteiger partial charge on any atom is 0.228 e. The third-order valence-corrected chi connectivity index (χ3v) is 3.95. The fourth-order valence-corrected chi connectivity index (χ4v) is 2.41. The van der Waals surface area contributed by atoms with E-state index in [1.807, 2.05) is 13.0 Å². The van der Waals surface area contributed by atoms with E-state index in [4.69, 9.17) is 10.5 Å². The van der Waals surface area contributed by atoms with E-state index in [0.717, 1.165) is 37.8 Å². The van der Waals surface area contributed by atoms with E-state index < -0.39 is 0 Å². The molecule has 1 saturated heterocycles. The van der Waals surface area contributed by atoms with Crippen LogP contribution in [0.1, 0.15) is 19.5 Å². The van der Waals surface area contributed by atoms with Gasteiger partial charge < -0.3 is 15.4 Å². The Bertz CT molecular complexity index is 455. The summed E-state index contributed by atoms with van der Waals surface area (Å²) in [5.41, 5.74) is 6.82. The van der Waals surface area contributed by atoms with Crippen LogP contribution in [0.4, 0.5) is 5.95 Å². The molecule has 2 rings (SSSR count). The molecule has 0 aromatic carbocycles. The zero-order valence-corrected chi connectivity index (χ0v) is 12.9. The van der Waals surface area contributed by atoms with Crippen LogP contribution in [0, 0.1) is 6.92 Å². The van der Waals surface area contributed by atoms with E-state index in [0.29, 0.717) is 12.4 Å². The zero-order valence-electron chi connectivity index (χ0n) is 12.9. The molecular formula is C14H25N5O. The number of anilines is 1. The van der Waals surface area contributed by atoms with Crippen LogP contribution in [-0.4, -0.2) is 60.2 Å². The van der Waals surface area contributed by atoms with Gasteiger partial charge in [-0.1, -0.05) is 0 Å². The number of aryl methyl sites for hydroxylation is 1. The quantitative estimate of drug-likeness (QED) is 0.873. The van der Waals surface area contributed by atoms with Crippen molar-refractivity contribution in [3.05, 3.63) is 11.8 Å². The number of nitrogens with zero attached hydrogens (tertiary/aromatic N) is 4. The van der Waals surface area contributed by atoms with Crippen LogP contribution in [0.15, 0.2) is 6.07 Å². The zero-order chi connectivity index (χ0) is 14.8. The highest BCUT2D eigenvalue weighted by Crippen LogP contribution is 2.20. The summed E-state index contributed by atoms with van der Waals surface area (Å²) in [6.07, 6.45) is 0. The summed E-state index contributed by atoms with van der Waals surface area (Å²) in [7, 11) is 1.63. The molecule has 6 heteroatoms. The van der Waals surface area contributed by atoms with Gasteiger partial charge in [-0.05, 0) is 20.8 Å². The van der Waals surface area contributed by atoms with Crippen molar-refractivity contribution in [3.63, 3.8) is 0 Å². The fourth-order valence-electron chi connectivity index (χ4n) is 2.41. The highest BCUT2D eigenvalue weighted by molar-refractivity contribution is 5.35. The van der Waals surface area contributed by atoms with Crippen LogP contribution in [-0.2, 0) is 0 Å². The molecule has 1 aliphatic rings. The Hall–Kier alpha value is -1.40. The second-order valence-corrected chi connectivity index (χ2v) is 5.84. The van der Waals surface area contributed by atoms with E-state index in [1.54, 1.807) is 7.11 Å². The molecule has 0 saturated carbocycles. The Balaban J connectivity index is 2.05. The number of aromatic nitrogens is 2. The largest absolute Gasteiger partial charge is 0.481 e. The van der Waals surface area contributed by atoms with Gasteiger partial charge in [-0.2, -0.15) is 4.98 Å². The first-order valence-corrected chi connectivity index (χ1v) is 7.06. The lowest BCUT2D eigenvalue weighted by Gasteiger charge is -2.43. The van der Waals surface area contributed by atoms with Crippen LogP contribution in [0.3, 0.4) is 0 Å². The minimum Gasteiger partial charge on any atom is -0.481 e. The van der Waals surface area contributed by atoms with Crippen molar-refractivity contribution in [1.29, 1.82) is 0 Å². The van der Waals surface area contributed by atoms with E-state index in [-0.39, 0.29) is 5.54 Å². The minimum atomic E-state index is 0.0528. The van der Waals surface area contributed by atoms with Gasteiger partial charge in [0.15, 0.2) is 0 Å². The maximum atomic E-state index is 5.84. The average molecular weight is 279 g/mol. The number of hydrogen-bond donors (Lipinski definition) is 1. The molecule has 0 aliphatic carbocycles. The van der Waals surface area contributed by atoms with Crippen molar-refractivity contribution < 1.29 is 4.74 Å². The first-order valence-electron chi connectivity index (χ1n) is 7.06. The van der Waals surface area contributed by atoms with Crippen molar-refractivity contribution in [2.45, 2.75) is 26.3 Å². The molecule has 0 radical (unpaired) electrons. The summed E-state index contributed by atoms with van der Waals surface area (Å²) in [5, 5.41) is 0. The van der Waals surface area contributed by atoms with E-state index in [2.05, 4.69) is 33.6 Å². The number of piperazine rings is 1. The SMILES string of the molecule is COc1cc(C)nc(N2CCN(C(C)(C)CN)CC2)n1. The van der Waals surface area contributed by atoms with E-state index in [9.17, 15) is 0 Å². The Morgan fingerprint density at radius 2 is 1.90 bits per heavy atom. The molecule has 1 fully saturated rings. The molecule has 1 aromatic rings. The molecule has 112 valence electrons. The van der Waals surface area contributed by atoms with Gasteiger partial charge in [-0.3, -0.25) is 4.90 Å². The van der Waals surface area contributed by atoms with Crippen molar-refractivity contribution in [3.8, 4) is 5.88 Å². The molecular weight excluding hydrogens is 254 g/mol. The van der Waals surface area contributed by atoms with Crippen molar-refractivity contribution in [2.24, 2.45) is 5.73 Å². The molecule has 2 heterocycles. The maximum absolute atomic E-state index is 5.84. The van der Waals surface area contributed by atoms with Crippen LogP contribution in [0.25, 0.3) is 0 Å². The van der Waals surface area contributed by atoms with Crippen LogP contribution < -0.4 is 15.4 Å². The molecule has 6 nitrogen and oxygen atoms in total. The molecule has 0 unspecified atom stereocenters. The molecule has 1 aliphatic heterocycles. The number of hydrogen-bond acceptors (Lipinski definition) is 6. The molecule has 0 spiro atoms. The van der Waals surface area contributed by atoms with Gasteiger partial charge in [-0.15, -0.1) is 0 Å². The van der Waals surface area contributed by atoms with Crippen molar-refractivity contribution in [2.75, 3.05) is 44.7 Å². The van der Waals surface area contributed by atoms with Gasteiger partial charge >= 0.3 is 0 Å². The van der Waals surface area contributed by atoms with E-state index in [1.165, 1.54) is 0 Å². The van der Waals surface area contributed by atoms with Crippen LogP contribution >= 0.6 is 0 Å². The fraction of sp³-hybridized carbons (Fsp3) is 0.714. The summed E-state index contributed by atoms with van der Waals surface area (Å²) >= 11 is 0. The molecule has 2 N–H and O–H groups in total. The number of rotatable bonds is 4. The van der Waals surface area contributed by atoms with Crippen molar-refractivity contribution >= 4 is 5.95 Å². The Kier molecular flexibility index (Phi) is 4.45. The van der Waals surface area contributed by atoms with Gasteiger partial charge in [0, 0.05) is 50.0 Å². The molecule has 0 bridgehead atoms. The summed E-state index contributed by atoms with van der Waals surface area (Å²) in [5.74, 6) is 1.38. The average Bonchev–Trinajstić information content (AvgIpc) is 2.46. The predicted molar refractivity (Wildman–Crippen MR) is 80.2 cm³/mol. The first kappa shape index (κ1) is 15.0. The monoisotopic (exact) mass is 279 g/mol. The molecule has 0 atom stereocenters.